The molecule has 0 amide bonds. The van der Waals surface area contributed by atoms with Gasteiger partial charge in [0.15, 0.2) is 11.5 Å². The average Bonchev–Trinajstić information content (AvgIpc) is 3.14. The van der Waals surface area contributed by atoms with Crippen LogP contribution < -0.4 is 9.80 Å². The van der Waals surface area contributed by atoms with Crippen LogP contribution in [-0.4, -0.2) is 73.6 Å². The Morgan fingerprint density at radius 2 is 2.00 bits per heavy atom. The van der Waals surface area contributed by atoms with Crippen LogP contribution in [0.4, 0.5) is 16.0 Å². The molecule has 194 valence electrons. The predicted octanol–water partition coefficient (Wildman–Crippen LogP) is 4.51. The van der Waals surface area contributed by atoms with Gasteiger partial charge in [-0.25, -0.2) is 19.7 Å². The molecule has 5 rings (SSSR count). The van der Waals surface area contributed by atoms with Crippen LogP contribution in [-0.2, 0) is 9.47 Å². The van der Waals surface area contributed by atoms with Gasteiger partial charge in [0.1, 0.15) is 10.8 Å². The number of hydrogen-bond acceptors (Lipinski definition) is 9. The zero-order valence-corrected chi connectivity index (χ0v) is 22.3. The minimum Gasteiger partial charge on any atom is -0.464 e. The molecule has 36 heavy (non-hydrogen) atoms. The highest BCUT2D eigenvalue weighted by molar-refractivity contribution is 7.99. The number of esters is 1. The normalized spacial score (nSPS) is 23.7. The Hall–Kier alpha value is -2.17. The molecule has 11 heteroatoms. The third kappa shape index (κ3) is 4.63. The summed E-state index contributed by atoms with van der Waals surface area (Å²) in [4.78, 5) is 31.2. The number of anilines is 2. The number of halogens is 2. The lowest BCUT2D eigenvalue weighted by Gasteiger charge is -2.42. The predicted molar refractivity (Wildman–Crippen MR) is 137 cm³/mol. The van der Waals surface area contributed by atoms with Crippen LogP contribution in [0.5, 0.6) is 0 Å². The van der Waals surface area contributed by atoms with Crippen molar-refractivity contribution in [3.63, 3.8) is 0 Å². The van der Waals surface area contributed by atoms with Gasteiger partial charge >= 0.3 is 5.97 Å². The quantitative estimate of drug-likeness (QED) is 0.496. The van der Waals surface area contributed by atoms with Gasteiger partial charge in [0.25, 0.3) is 0 Å². The molecule has 0 unspecified atom stereocenters. The van der Waals surface area contributed by atoms with Crippen molar-refractivity contribution in [1.82, 2.24) is 15.0 Å². The zero-order chi connectivity index (χ0) is 25.4. The van der Waals surface area contributed by atoms with E-state index in [9.17, 15) is 9.18 Å². The Balaban J connectivity index is 1.34. The van der Waals surface area contributed by atoms with Crippen molar-refractivity contribution in [3.8, 4) is 0 Å². The number of carbonyl (C=O) groups is 1. The highest BCUT2D eigenvalue weighted by Crippen LogP contribution is 2.47. The van der Waals surface area contributed by atoms with Gasteiger partial charge < -0.3 is 19.3 Å². The van der Waals surface area contributed by atoms with E-state index in [2.05, 4.69) is 33.7 Å². The first-order valence-electron chi connectivity index (χ1n) is 12.3. The summed E-state index contributed by atoms with van der Waals surface area (Å²) < 4.78 is 23.8. The molecule has 3 fully saturated rings. The maximum absolute atomic E-state index is 12.9. The number of ether oxygens (including phenoxy) is 2. The van der Waals surface area contributed by atoms with Gasteiger partial charge in [-0.15, -0.1) is 0 Å². The zero-order valence-electron chi connectivity index (χ0n) is 20.7. The van der Waals surface area contributed by atoms with E-state index in [-0.39, 0.29) is 29.8 Å². The molecule has 3 aliphatic rings. The minimum absolute atomic E-state index is 0.0256. The Labute approximate surface area is 219 Å². The molecule has 0 aromatic carbocycles. The van der Waals surface area contributed by atoms with Gasteiger partial charge in [-0.2, -0.15) is 0 Å². The molecule has 2 aromatic heterocycles. The molecule has 0 saturated carbocycles. The number of carbonyl (C=O) groups excluding carboxylic acids is 1. The lowest BCUT2D eigenvalue weighted by atomic mass is 9.70. The summed E-state index contributed by atoms with van der Waals surface area (Å²) in [6.45, 7) is 7.61. The maximum Gasteiger partial charge on any atom is 0.360 e. The number of alkyl halides is 1. The number of aromatic nitrogens is 3. The second-order valence-corrected chi connectivity index (χ2v) is 11.4. The Kier molecular flexibility index (Phi) is 7.29. The molecule has 8 nitrogen and oxygen atoms in total. The lowest BCUT2D eigenvalue weighted by molar-refractivity contribution is 0.0592. The highest BCUT2D eigenvalue weighted by atomic mass is 35.5. The SMILES string of the molecule is COC(=O)c1nc(Sc2ccnc(N3CC(CF)C3)c2Cl)cnc1N1CCC2(CC1)CO[C@@H](C)[C@H]2C. The van der Waals surface area contributed by atoms with Crippen LogP contribution >= 0.6 is 23.4 Å². The van der Waals surface area contributed by atoms with Gasteiger partial charge in [-0.05, 0) is 31.7 Å². The van der Waals surface area contributed by atoms with Crippen molar-refractivity contribution in [2.75, 3.05) is 56.4 Å². The lowest BCUT2D eigenvalue weighted by Crippen LogP contribution is -2.48. The molecule has 2 atom stereocenters. The molecular weight excluding hydrogens is 505 g/mol. The molecule has 0 radical (unpaired) electrons. The van der Waals surface area contributed by atoms with Crippen molar-refractivity contribution < 1.29 is 18.7 Å². The summed E-state index contributed by atoms with van der Waals surface area (Å²) in [5.74, 6) is 1.17. The van der Waals surface area contributed by atoms with Gasteiger partial charge in [0, 0.05) is 48.6 Å². The molecule has 0 aliphatic carbocycles. The minimum atomic E-state index is -0.522. The molecule has 0 N–H and O–H groups in total. The topological polar surface area (TPSA) is 80.7 Å². The van der Waals surface area contributed by atoms with Crippen LogP contribution in [0, 0.1) is 17.3 Å². The van der Waals surface area contributed by atoms with Crippen molar-refractivity contribution in [2.45, 2.75) is 42.7 Å². The fourth-order valence-corrected chi connectivity index (χ4v) is 6.51. The monoisotopic (exact) mass is 535 g/mol. The summed E-state index contributed by atoms with van der Waals surface area (Å²) in [7, 11) is 1.35. The van der Waals surface area contributed by atoms with Crippen molar-refractivity contribution in [1.29, 1.82) is 0 Å². The van der Waals surface area contributed by atoms with E-state index < -0.39 is 5.97 Å². The smallest absolute Gasteiger partial charge is 0.360 e. The van der Waals surface area contributed by atoms with Crippen LogP contribution in [0.1, 0.15) is 37.2 Å². The van der Waals surface area contributed by atoms with E-state index in [4.69, 9.17) is 21.1 Å². The molecule has 5 heterocycles. The van der Waals surface area contributed by atoms with Crippen molar-refractivity contribution >= 4 is 41.0 Å². The fourth-order valence-electron chi connectivity index (χ4n) is 5.38. The first kappa shape index (κ1) is 25.5. The number of pyridine rings is 1. The van der Waals surface area contributed by atoms with E-state index in [1.165, 1.54) is 18.9 Å². The second kappa shape index (κ2) is 10.3. The van der Waals surface area contributed by atoms with Crippen molar-refractivity contribution in [3.05, 3.63) is 29.2 Å². The van der Waals surface area contributed by atoms with Crippen molar-refractivity contribution in [2.24, 2.45) is 17.3 Å². The maximum atomic E-state index is 12.9. The molecule has 3 aliphatic heterocycles. The number of piperidine rings is 1. The summed E-state index contributed by atoms with van der Waals surface area (Å²) in [6.07, 6.45) is 5.57. The van der Waals surface area contributed by atoms with E-state index >= 15 is 0 Å². The standard InChI is InChI=1S/C25H31ClFN5O3S/c1-15-16(2)35-14-25(15)5-8-31(9-6-25)23-21(24(33)34-3)30-19(11-29-23)36-18-4-7-28-22(20(18)26)32-12-17(10-27)13-32/h4,7,11,15-17H,5-6,8-10,12-14H2,1-3H3/t15-,16+/m1/s1. The van der Waals surface area contributed by atoms with E-state index in [1.807, 2.05) is 4.90 Å². The molecule has 2 aromatic rings. The molecular formula is C25H31ClFN5O3S. The van der Waals surface area contributed by atoms with E-state index in [1.54, 1.807) is 18.5 Å². The van der Waals surface area contributed by atoms with Crippen LogP contribution in [0.15, 0.2) is 28.4 Å². The van der Waals surface area contributed by atoms with Gasteiger partial charge in [0.05, 0.1) is 37.7 Å². The second-order valence-electron chi connectivity index (χ2n) is 10.0. The van der Waals surface area contributed by atoms with Crippen LogP contribution in [0.3, 0.4) is 0 Å². The number of methoxy groups -OCH3 is 1. The molecule has 3 saturated heterocycles. The Bertz CT molecular complexity index is 1130. The summed E-state index contributed by atoms with van der Waals surface area (Å²) >= 11 is 7.96. The molecule has 1 spiro atoms. The van der Waals surface area contributed by atoms with E-state index in [0.29, 0.717) is 40.7 Å². The van der Waals surface area contributed by atoms with Crippen LogP contribution in [0.25, 0.3) is 0 Å². The fraction of sp³-hybridized carbons (Fsp3) is 0.600. The number of rotatable bonds is 6. The van der Waals surface area contributed by atoms with Gasteiger partial charge in [0.2, 0.25) is 0 Å². The molecule has 0 bridgehead atoms. The third-order valence-electron chi connectivity index (χ3n) is 8.00. The van der Waals surface area contributed by atoms with E-state index in [0.717, 1.165) is 37.4 Å². The summed E-state index contributed by atoms with van der Waals surface area (Å²) in [6, 6.07) is 1.80. The average molecular weight is 536 g/mol. The van der Waals surface area contributed by atoms with Gasteiger partial charge in [-0.3, -0.25) is 4.39 Å². The first-order chi connectivity index (χ1) is 17.3. The number of nitrogens with zero attached hydrogens (tertiary/aromatic N) is 5. The summed E-state index contributed by atoms with van der Waals surface area (Å²) in [5, 5.41) is 1.01. The van der Waals surface area contributed by atoms with Gasteiger partial charge in [-0.1, -0.05) is 30.3 Å². The Morgan fingerprint density at radius 3 is 2.64 bits per heavy atom. The third-order valence-corrected chi connectivity index (χ3v) is 9.45. The first-order valence-corrected chi connectivity index (χ1v) is 13.5. The number of hydrogen-bond donors (Lipinski definition) is 0. The highest BCUT2D eigenvalue weighted by Gasteiger charge is 2.47. The Morgan fingerprint density at radius 1 is 1.25 bits per heavy atom. The largest absolute Gasteiger partial charge is 0.464 e. The summed E-state index contributed by atoms with van der Waals surface area (Å²) in [5.41, 5.74) is 0.377. The van der Waals surface area contributed by atoms with Crippen LogP contribution in [0.2, 0.25) is 5.02 Å².